The number of anilines is 2. The average molecular weight is 747 g/mol. The number of likely N-dealkylation sites (N-methyl/N-ethyl adjacent to an activating group) is 1. The van der Waals surface area contributed by atoms with Crippen molar-refractivity contribution in [3.63, 3.8) is 0 Å². The third-order valence-corrected chi connectivity index (χ3v) is 11.3. The Bertz CT molecular complexity index is 1980. The first kappa shape index (κ1) is 38.2. The van der Waals surface area contributed by atoms with Crippen molar-refractivity contribution in [2.75, 3.05) is 63.2 Å². The molecule has 1 aliphatic carbocycles. The molecule has 3 aliphatic rings. The Morgan fingerprint density at radius 1 is 0.836 bits per heavy atom. The number of nitrogens with zero attached hydrogens (tertiary/aromatic N) is 4. The fourth-order valence-corrected chi connectivity index (χ4v) is 8.23. The SMILES string of the molecule is CN(CCN1CCOCC1)C(=O)c1cccc(C(=O)Nc2ccc(N3CCC[C@H]4CCCC[C@@H]43)cc2-c2cc(C(=O)NCc3cccc(CF)c3)ccn2)c1. The molecule has 0 spiro atoms. The standard InChI is InChI=1S/C44H51FN6O4/c1-49(19-20-50-21-23-55-24-22-50)44(54)36-11-5-10-34(26-36)43(53)48-39-15-14-37(51-18-6-12-33-9-2-3-13-41(33)51)28-38(39)40-27-35(16-17-46-40)42(52)47-30-32-8-4-7-31(25-32)29-45/h4-5,7-8,10-11,14-17,25-28,33,41H,2-3,6,9,12-13,18-24,29-30H2,1H3,(H,47,52)(H,48,53)/t33-,41+/m1/s1. The predicted molar refractivity (Wildman–Crippen MR) is 213 cm³/mol. The minimum atomic E-state index is -0.567. The summed E-state index contributed by atoms with van der Waals surface area (Å²) in [6.45, 7) is 5.09. The number of carbonyl (C=O) groups excluding carboxylic acids is 3. The third kappa shape index (κ3) is 9.40. The van der Waals surface area contributed by atoms with E-state index in [2.05, 4.69) is 32.6 Å². The summed E-state index contributed by atoms with van der Waals surface area (Å²) in [5, 5.41) is 6.06. The molecule has 0 unspecified atom stereocenters. The van der Waals surface area contributed by atoms with E-state index in [1.165, 1.54) is 25.7 Å². The summed E-state index contributed by atoms with van der Waals surface area (Å²) in [4.78, 5) is 51.9. The number of rotatable bonds is 12. The first-order valence-electron chi connectivity index (χ1n) is 19.6. The van der Waals surface area contributed by atoms with Gasteiger partial charge in [-0.1, -0.05) is 43.2 Å². The second-order valence-electron chi connectivity index (χ2n) is 15.0. The molecule has 1 aromatic heterocycles. The average Bonchev–Trinajstić information content (AvgIpc) is 3.24. The number of fused-ring (bicyclic) bond motifs is 1. The number of benzene rings is 3. The highest BCUT2D eigenvalue weighted by Crippen LogP contribution is 2.40. The summed E-state index contributed by atoms with van der Waals surface area (Å²) in [5.74, 6) is -0.109. The van der Waals surface area contributed by atoms with E-state index in [-0.39, 0.29) is 24.3 Å². The molecule has 3 aromatic carbocycles. The molecule has 1 saturated carbocycles. The van der Waals surface area contributed by atoms with Gasteiger partial charge in [-0.2, -0.15) is 0 Å². The minimum Gasteiger partial charge on any atom is -0.379 e. The van der Waals surface area contributed by atoms with Crippen molar-refractivity contribution in [1.82, 2.24) is 20.1 Å². The topological polar surface area (TPSA) is 107 Å². The summed E-state index contributed by atoms with van der Waals surface area (Å²) in [7, 11) is 1.78. The number of hydrogen-bond donors (Lipinski definition) is 2. The van der Waals surface area contributed by atoms with Gasteiger partial charge in [-0.3, -0.25) is 24.3 Å². The highest BCUT2D eigenvalue weighted by atomic mass is 19.1. The van der Waals surface area contributed by atoms with E-state index in [0.29, 0.717) is 70.9 Å². The van der Waals surface area contributed by atoms with Gasteiger partial charge in [0.15, 0.2) is 0 Å². The molecule has 288 valence electrons. The van der Waals surface area contributed by atoms with Gasteiger partial charge in [-0.15, -0.1) is 0 Å². The Hall–Kier alpha value is -5.13. The van der Waals surface area contributed by atoms with Crippen LogP contribution in [-0.2, 0) is 18.0 Å². The fourth-order valence-electron chi connectivity index (χ4n) is 8.23. The van der Waals surface area contributed by atoms with E-state index in [4.69, 9.17) is 9.72 Å². The number of piperidine rings is 1. The maximum Gasteiger partial charge on any atom is 0.255 e. The molecule has 7 rings (SSSR count). The molecule has 0 bridgehead atoms. The lowest BCUT2D eigenvalue weighted by molar-refractivity contribution is 0.0338. The number of halogens is 1. The molecular weight excluding hydrogens is 696 g/mol. The predicted octanol–water partition coefficient (Wildman–Crippen LogP) is 6.96. The summed E-state index contributed by atoms with van der Waals surface area (Å²) >= 11 is 0. The van der Waals surface area contributed by atoms with Crippen molar-refractivity contribution in [1.29, 1.82) is 0 Å². The number of morpholine rings is 1. The first-order chi connectivity index (χ1) is 26.9. The van der Waals surface area contributed by atoms with Crippen LogP contribution in [0.15, 0.2) is 85.1 Å². The van der Waals surface area contributed by atoms with E-state index >= 15 is 0 Å². The Morgan fingerprint density at radius 3 is 2.45 bits per heavy atom. The number of alkyl halides is 1. The number of pyridine rings is 1. The van der Waals surface area contributed by atoms with Crippen molar-refractivity contribution in [3.05, 3.63) is 113 Å². The zero-order chi connectivity index (χ0) is 38.1. The van der Waals surface area contributed by atoms with Crippen LogP contribution < -0.4 is 15.5 Å². The van der Waals surface area contributed by atoms with Gasteiger partial charge in [0, 0.05) is 86.5 Å². The maximum absolute atomic E-state index is 13.9. The van der Waals surface area contributed by atoms with E-state index in [1.54, 1.807) is 72.7 Å². The van der Waals surface area contributed by atoms with Crippen LogP contribution in [0.25, 0.3) is 11.3 Å². The van der Waals surface area contributed by atoms with Crippen LogP contribution >= 0.6 is 0 Å². The van der Waals surface area contributed by atoms with Gasteiger partial charge >= 0.3 is 0 Å². The van der Waals surface area contributed by atoms with Gasteiger partial charge in [0.05, 0.1) is 24.6 Å². The quantitative estimate of drug-likeness (QED) is 0.162. The molecule has 0 radical (unpaired) electrons. The van der Waals surface area contributed by atoms with Gasteiger partial charge in [-0.25, -0.2) is 4.39 Å². The Kier molecular flexibility index (Phi) is 12.5. The van der Waals surface area contributed by atoms with Crippen LogP contribution in [0.4, 0.5) is 15.8 Å². The number of ether oxygens (including phenoxy) is 1. The van der Waals surface area contributed by atoms with Gasteiger partial charge in [-0.05, 0) is 91.3 Å². The van der Waals surface area contributed by atoms with Gasteiger partial charge in [0.25, 0.3) is 17.7 Å². The second-order valence-corrected chi connectivity index (χ2v) is 15.0. The lowest BCUT2D eigenvalue weighted by Crippen LogP contribution is -2.46. The van der Waals surface area contributed by atoms with E-state index in [1.807, 2.05) is 12.1 Å². The molecule has 2 atom stereocenters. The molecule has 3 amide bonds. The van der Waals surface area contributed by atoms with Gasteiger partial charge in [0.1, 0.15) is 6.67 Å². The van der Waals surface area contributed by atoms with Crippen LogP contribution in [0, 0.1) is 5.92 Å². The summed E-state index contributed by atoms with van der Waals surface area (Å²) in [5.41, 5.74) is 5.47. The van der Waals surface area contributed by atoms with Crippen LogP contribution in [-0.4, -0.2) is 91.5 Å². The van der Waals surface area contributed by atoms with Crippen LogP contribution in [0.5, 0.6) is 0 Å². The molecule has 11 heteroatoms. The third-order valence-electron chi connectivity index (χ3n) is 11.3. The molecule has 2 aliphatic heterocycles. The van der Waals surface area contributed by atoms with Crippen molar-refractivity contribution >= 4 is 29.1 Å². The maximum atomic E-state index is 13.9. The number of hydrogen-bond acceptors (Lipinski definition) is 7. The molecule has 2 N–H and O–H groups in total. The largest absolute Gasteiger partial charge is 0.379 e. The van der Waals surface area contributed by atoms with E-state index < -0.39 is 6.67 Å². The molecule has 3 fully saturated rings. The number of nitrogens with one attached hydrogen (secondary N) is 2. The van der Waals surface area contributed by atoms with Crippen molar-refractivity contribution in [2.45, 2.75) is 57.8 Å². The van der Waals surface area contributed by atoms with Crippen molar-refractivity contribution in [3.8, 4) is 11.3 Å². The normalized spacial score (nSPS) is 18.6. The van der Waals surface area contributed by atoms with Crippen LogP contribution in [0.2, 0.25) is 0 Å². The summed E-state index contributed by atoms with van der Waals surface area (Å²) in [6, 6.07) is 23.9. The van der Waals surface area contributed by atoms with Gasteiger partial charge < -0.3 is 25.2 Å². The Labute approximate surface area is 323 Å². The number of aromatic nitrogens is 1. The molecule has 2 saturated heterocycles. The monoisotopic (exact) mass is 746 g/mol. The molecule has 55 heavy (non-hydrogen) atoms. The van der Waals surface area contributed by atoms with E-state index in [9.17, 15) is 18.8 Å². The van der Waals surface area contributed by atoms with Crippen molar-refractivity contribution in [2.24, 2.45) is 5.92 Å². The highest BCUT2D eigenvalue weighted by Gasteiger charge is 2.33. The Morgan fingerprint density at radius 2 is 1.60 bits per heavy atom. The fraction of sp³-hybridized carbons (Fsp3) is 0.409. The van der Waals surface area contributed by atoms with Crippen molar-refractivity contribution < 1.29 is 23.5 Å². The van der Waals surface area contributed by atoms with Crippen LogP contribution in [0.3, 0.4) is 0 Å². The molecular formula is C44H51FN6O4. The lowest BCUT2D eigenvalue weighted by Gasteiger charge is -2.45. The lowest BCUT2D eigenvalue weighted by atomic mass is 9.78. The van der Waals surface area contributed by atoms with E-state index in [0.717, 1.165) is 50.3 Å². The molecule has 10 nitrogen and oxygen atoms in total. The highest BCUT2D eigenvalue weighted by molar-refractivity contribution is 6.08. The summed E-state index contributed by atoms with van der Waals surface area (Å²) in [6.07, 6.45) is 8.92. The Balaban J connectivity index is 1.13. The first-order valence-corrected chi connectivity index (χ1v) is 19.6. The number of carbonyl (C=O) groups is 3. The zero-order valence-corrected chi connectivity index (χ0v) is 31.6. The molecule has 3 heterocycles. The zero-order valence-electron chi connectivity index (χ0n) is 31.6. The molecule has 4 aromatic rings. The number of amides is 3. The smallest absolute Gasteiger partial charge is 0.255 e. The second kappa shape index (κ2) is 18.0. The summed E-state index contributed by atoms with van der Waals surface area (Å²) < 4.78 is 18.7. The van der Waals surface area contributed by atoms with Gasteiger partial charge in [0.2, 0.25) is 0 Å². The minimum absolute atomic E-state index is 0.148. The van der Waals surface area contributed by atoms with Crippen LogP contribution in [0.1, 0.15) is 80.7 Å².